The van der Waals surface area contributed by atoms with Crippen LogP contribution in [0.2, 0.25) is 0 Å². The highest BCUT2D eigenvalue weighted by molar-refractivity contribution is 5.91. The van der Waals surface area contributed by atoms with Crippen molar-refractivity contribution in [3.05, 3.63) is 78.6 Å². The molecule has 0 spiro atoms. The number of rotatable bonds is 6. The van der Waals surface area contributed by atoms with E-state index in [2.05, 4.69) is 32.4 Å². The average Bonchev–Trinajstić information content (AvgIpc) is 2.81. The van der Waals surface area contributed by atoms with Crippen LogP contribution < -0.4 is 20.1 Å². The first-order valence-corrected chi connectivity index (χ1v) is 9.83. The fourth-order valence-corrected chi connectivity index (χ4v) is 3.05. The number of anilines is 2. The zero-order valence-electron chi connectivity index (χ0n) is 17.3. The molecule has 1 aromatic heterocycles. The first kappa shape index (κ1) is 20.2. The number of nitrogens with zero attached hydrogens (tertiary/aromatic N) is 2. The van der Waals surface area contributed by atoms with Gasteiger partial charge in [0.15, 0.2) is 11.5 Å². The average molecular weight is 410 g/mol. The van der Waals surface area contributed by atoms with Crippen LogP contribution in [0.25, 0.3) is 10.9 Å². The van der Waals surface area contributed by atoms with E-state index in [1.807, 2.05) is 73.8 Å². The van der Waals surface area contributed by atoms with Gasteiger partial charge >= 0.3 is 0 Å². The minimum absolute atomic E-state index is 0.617. The van der Waals surface area contributed by atoms with Crippen molar-refractivity contribution < 1.29 is 9.47 Å². The molecule has 0 radical (unpaired) electrons. The summed E-state index contributed by atoms with van der Waals surface area (Å²) in [6.07, 6.45) is 1.54. The number of hydrogen-bond acceptors (Lipinski definition) is 6. The Kier molecular flexibility index (Phi) is 6.26. The van der Waals surface area contributed by atoms with Gasteiger partial charge in [0.25, 0.3) is 0 Å². The van der Waals surface area contributed by atoms with Gasteiger partial charge in [-0.2, -0.15) is 0 Å². The Bertz CT molecular complexity index is 1250. The highest BCUT2D eigenvalue weighted by atomic mass is 16.5. The van der Waals surface area contributed by atoms with E-state index in [9.17, 15) is 0 Å². The molecule has 0 unspecified atom stereocenters. The number of nitrogens with one attached hydrogen (secondary N) is 2. The number of methoxy groups -OCH3 is 1. The van der Waals surface area contributed by atoms with Gasteiger partial charge in [0, 0.05) is 22.7 Å². The molecule has 1 heterocycles. The van der Waals surface area contributed by atoms with Gasteiger partial charge in [-0.3, -0.25) is 0 Å². The topological polar surface area (TPSA) is 68.3 Å². The van der Waals surface area contributed by atoms with Crippen LogP contribution in [0, 0.1) is 11.8 Å². The molecule has 6 heteroatoms. The molecule has 154 valence electrons. The monoisotopic (exact) mass is 410 g/mol. The van der Waals surface area contributed by atoms with Gasteiger partial charge in [0.2, 0.25) is 0 Å². The van der Waals surface area contributed by atoms with Crippen molar-refractivity contribution in [2.24, 2.45) is 0 Å². The quantitative estimate of drug-likeness (QED) is 0.447. The third kappa shape index (κ3) is 4.92. The fraction of sp³-hybridized carbons (Fsp3) is 0.120. The standard InChI is InChI=1S/C25H22N4O2/c1-26-14-6-7-18-10-12-22-21(15-18)25(28-17-27-22)29-19-11-13-23(24(16-19)30-2)31-20-8-4-3-5-9-20/h3-5,8-13,15-17,26H,14H2,1-2H3,(H,27,28,29). The molecule has 0 bridgehead atoms. The van der Waals surface area contributed by atoms with Crippen molar-refractivity contribution in [1.29, 1.82) is 0 Å². The first-order valence-electron chi connectivity index (χ1n) is 9.83. The van der Waals surface area contributed by atoms with Gasteiger partial charge in [-0.1, -0.05) is 30.0 Å². The molecule has 6 nitrogen and oxygen atoms in total. The Labute approximate surface area is 181 Å². The molecule has 0 aliphatic rings. The third-order valence-electron chi connectivity index (χ3n) is 4.53. The van der Waals surface area contributed by atoms with Crippen LogP contribution in [0.4, 0.5) is 11.5 Å². The van der Waals surface area contributed by atoms with E-state index in [0.717, 1.165) is 27.9 Å². The highest BCUT2D eigenvalue weighted by Crippen LogP contribution is 2.35. The summed E-state index contributed by atoms with van der Waals surface area (Å²) in [5, 5.41) is 7.27. The number of hydrogen-bond donors (Lipinski definition) is 2. The minimum Gasteiger partial charge on any atom is -0.493 e. The molecule has 4 rings (SSSR count). The second-order valence-electron chi connectivity index (χ2n) is 6.69. The lowest BCUT2D eigenvalue weighted by atomic mass is 10.1. The molecule has 0 atom stereocenters. The Hall–Kier alpha value is -4.08. The summed E-state index contributed by atoms with van der Waals surface area (Å²) in [7, 11) is 3.49. The van der Waals surface area contributed by atoms with Crippen molar-refractivity contribution in [3.8, 4) is 29.1 Å². The SMILES string of the molecule is CNCC#Cc1ccc2ncnc(Nc3ccc(Oc4ccccc4)c(OC)c3)c2c1. The van der Waals surface area contributed by atoms with E-state index < -0.39 is 0 Å². The van der Waals surface area contributed by atoms with Gasteiger partial charge in [-0.05, 0) is 49.5 Å². The lowest BCUT2D eigenvalue weighted by Gasteiger charge is -2.13. The molecule has 4 aromatic rings. The predicted molar refractivity (Wildman–Crippen MR) is 123 cm³/mol. The van der Waals surface area contributed by atoms with Crippen molar-refractivity contribution in [3.63, 3.8) is 0 Å². The van der Waals surface area contributed by atoms with Crippen LogP contribution >= 0.6 is 0 Å². The lowest BCUT2D eigenvalue weighted by Crippen LogP contribution is -2.04. The van der Waals surface area contributed by atoms with Crippen molar-refractivity contribution in [1.82, 2.24) is 15.3 Å². The van der Waals surface area contributed by atoms with Crippen molar-refractivity contribution >= 4 is 22.4 Å². The maximum atomic E-state index is 5.94. The summed E-state index contributed by atoms with van der Waals surface area (Å²) < 4.78 is 11.5. The first-order chi connectivity index (χ1) is 15.3. The number of ether oxygens (including phenoxy) is 2. The maximum absolute atomic E-state index is 5.94. The smallest absolute Gasteiger partial charge is 0.169 e. The van der Waals surface area contributed by atoms with Gasteiger partial charge < -0.3 is 20.1 Å². The highest BCUT2D eigenvalue weighted by Gasteiger charge is 2.10. The van der Waals surface area contributed by atoms with Crippen molar-refractivity contribution in [2.75, 3.05) is 26.0 Å². The Morgan fingerprint density at radius 2 is 1.81 bits per heavy atom. The van der Waals surface area contributed by atoms with Crippen LogP contribution in [0.1, 0.15) is 5.56 Å². The number of benzene rings is 3. The summed E-state index contributed by atoms with van der Waals surface area (Å²) in [5.74, 6) is 8.91. The molecule has 0 amide bonds. The molecular weight excluding hydrogens is 388 g/mol. The van der Waals surface area contributed by atoms with E-state index in [4.69, 9.17) is 9.47 Å². The number of para-hydroxylation sites is 1. The zero-order chi connectivity index (χ0) is 21.5. The summed E-state index contributed by atoms with van der Waals surface area (Å²) >= 11 is 0. The zero-order valence-corrected chi connectivity index (χ0v) is 17.3. The Morgan fingerprint density at radius 1 is 0.935 bits per heavy atom. The third-order valence-corrected chi connectivity index (χ3v) is 4.53. The summed E-state index contributed by atoms with van der Waals surface area (Å²) in [5.41, 5.74) is 2.57. The van der Waals surface area contributed by atoms with Crippen molar-refractivity contribution in [2.45, 2.75) is 0 Å². The van der Waals surface area contributed by atoms with Gasteiger partial charge in [0.1, 0.15) is 17.9 Å². The molecule has 0 saturated carbocycles. The molecule has 0 aliphatic carbocycles. The van der Waals surface area contributed by atoms with Crippen LogP contribution in [0.15, 0.2) is 73.1 Å². The lowest BCUT2D eigenvalue weighted by molar-refractivity contribution is 0.379. The van der Waals surface area contributed by atoms with Gasteiger partial charge in [-0.25, -0.2) is 9.97 Å². The Morgan fingerprint density at radius 3 is 2.61 bits per heavy atom. The van der Waals surface area contributed by atoms with Crippen LogP contribution in [0.5, 0.6) is 17.2 Å². The maximum Gasteiger partial charge on any atom is 0.169 e. The van der Waals surface area contributed by atoms with E-state index in [1.54, 1.807) is 13.4 Å². The molecule has 31 heavy (non-hydrogen) atoms. The largest absolute Gasteiger partial charge is 0.493 e. The molecule has 3 aromatic carbocycles. The van der Waals surface area contributed by atoms with Gasteiger partial charge in [0.05, 0.1) is 19.2 Å². The number of fused-ring (bicyclic) bond motifs is 1. The molecule has 0 fully saturated rings. The molecule has 0 aliphatic heterocycles. The van der Waals surface area contributed by atoms with Crippen LogP contribution in [-0.4, -0.2) is 30.7 Å². The fourth-order valence-electron chi connectivity index (χ4n) is 3.05. The number of aromatic nitrogens is 2. The summed E-state index contributed by atoms with van der Waals surface area (Å²) in [4.78, 5) is 8.79. The van der Waals surface area contributed by atoms with E-state index >= 15 is 0 Å². The van der Waals surface area contributed by atoms with E-state index in [-0.39, 0.29) is 0 Å². The summed E-state index contributed by atoms with van der Waals surface area (Å²) in [6, 6.07) is 21.2. The second kappa shape index (κ2) is 9.61. The molecule has 2 N–H and O–H groups in total. The van der Waals surface area contributed by atoms with Gasteiger partial charge in [-0.15, -0.1) is 0 Å². The summed E-state index contributed by atoms with van der Waals surface area (Å²) in [6.45, 7) is 0.631. The van der Waals surface area contributed by atoms with E-state index in [1.165, 1.54) is 0 Å². The Balaban J connectivity index is 1.62. The molecular formula is C25H22N4O2. The van der Waals surface area contributed by atoms with E-state index in [0.29, 0.717) is 23.9 Å². The molecule has 0 saturated heterocycles. The normalized spacial score (nSPS) is 10.3. The minimum atomic E-state index is 0.617. The second-order valence-corrected chi connectivity index (χ2v) is 6.69. The van der Waals surface area contributed by atoms with Crippen LogP contribution in [0.3, 0.4) is 0 Å². The predicted octanol–water partition coefficient (Wildman–Crippen LogP) is 4.75. The van der Waals surface area contributed by atoms with Crippen LogP contribution in [-0.2, 0) is 0 Å².